The lowest BCUT2D eigenvalue weighted by Crippen LogP contribution is -2.45. The van der Waals surface area contributed by atoms with Crippen LogP contribution in [0.25, 0.3) is 0 Å². The van der Waals surface area contributed by atoms with Crippen molar-refractivity contribution in [2.24, 2.45) is 0 Å². The van der Waals surface area contributed by atoms with Crippen LogP contribution in [-0.4, -0.2) is 30.7 Å². The summed E-state index contributed by atoms with van der Waals surface area (Å²) in [5.41, 5.74) is 0. The first-order valence-electron chi connectivity index (χ1n) is 6.49. The molecule has 1 fully saturated rings. The third kappa shape index (κ3) is 6.23. The summed E-state index contributed by atoms with van der Waals surface area (Å²) in [5.74, 6) is -0.117. The van der Waals surface area contributed by atoms with Gasteiger partial charge in [0.1, 0.15) is 0 Å². The van der Waals surface area contributed by atoms with Gasteiger partial charge in [-0.05, 0) is 32.7 Å². The average molecular weight is 266 g/mol. The number of carbonyl (C=O) groups excluding carboxylic acids is 1. The first-order chi connectivity index (χ1) is 8.38. The van der Waals surface area contributed by atoms with Crippen molar-refractivity contribution in [2.45, 2.75) is 63.7 Å². The van der Waals surface area contributed by atoms with E-state index < -0.39 is 18.6 Å². The highest BCUT2D eigenvalue weighted by Gasteiger charge is 2.26. The summed E-state index contributed by atoms with van der Waals surface area (Å²) in [6, 6.07) is -0.184. The maximum Gasteiger partial charge on any atom is 0.389 e. The minimum atomic E-state index is -4.11. The second-order valence-electron chi connectivity index (χ2n) is 4.88. The maximum absolute atomic E-state index is 11.9. The van der Waals surface area contributed by atoms with Crippen molar-refractivity contribution in [3.8, 4) is 0 Å². The fraction of sp³-hybridized carbons (Fsp3) is 0.917. The van der Waals surface area contributed by atoms with Crippen molar-refractivity contribution in [2.75, 3.05) is 6.54 Å². The van der Waals surface area contributed by atoms with E-state index in [9.17, 15) is 18.0 Å². The molecule has 3 nitrogen and oxygen atoms in total. The molecule has 1 saturated carbocycles. The third-order valence-corrected chi connectivity index (χ3v) is 3.18. The molecule has 0 aromatic rings. The molecule has 1 unspecified atom stereocenters. The van der Waals surface area contributed by atoms with Gasteiger partial charge < -0.3 is 10.6 Å². The molecule has 18 heavy (non-hydrogen) atoms. The zero-order chi connectivity index (χ0) is 13.6. The van der Waals surface area contributed by atoms with E-state index in [4.69, 9.17) is 0 Å². The van der Waals surface area contributed by atoms with Gasteiger partial charge >= 0.3 is 6.18 Å². The van der Waals surface area contributed by atoms with Crippen molar-refractivity contribution in [3.63, 3.8) is 0 Å². The fourth-order valence-electron chi connectivity index (χ4n) is 2.10. The van der Waals surface area contributed by atoms with Gasteiger partial charge in [-0.15, -0.1) is 0 Å². The summed E-state index contributed by atoms with van der Waals surface area (Å²) in [6.07, 6.45) is -0.631. The molecule has 0 bridgehead atoms. The predicted octanol–water partition coefficient (Wildman–Crippen LogP) is 2.37. The maximum atomic E-state index is 11.9. The number of hydrogen-bond donors (Lipinski definition) is 2. The van der Waals surface area contributed by atoms with E-state index in [0.29, 0.717) is 0 Å². The zero-order valence-corrected chi connectivity index (χ0v) is 10.6. The molecule has 6 heteroatoms. The Hall–Kier alpha value is -0.780. The summed E-state index contributed by atoms with van der Waals surface area (Å²) < 4.78 is 35.7. The molecule has 0 saturated heterocycles. The molecule has 2 N–H and O–H groups in total. The lowest BCUT2D eigenvalue weighted by atomic mass is 10.2. The van der Waals surface area contributed by atoms with Crippen LogP contribution < -0.4 is 10.6 Å². The Morgan fingerprint density at radius 3 is 2.50 bits per heavy atom. The van der Waals surface area contributed by atoms with Crippen LogP contribution in [0.15, 0.2) is 0 Å². The number of alkyl halides is 3. The minimum Gasteiger partial charge on any atom is -0.352 e. The second kappa shape index (κ2) is 6.97. The van der Waals surface area contributed by atoms with Gasteiger partial charge in [-0.2, -0.15) is 13.2 Å². The molecule has 1 rings (SSSR count). The zero-order valence-electron chi connectivity index (χ0n) is 10.6. The van der Waals surface area contributed by atoms with Crippen molar-refractivity contribution in [3.05, 3.63) is 0 Å². The van der Waals surface area contributed by atoms with Crippen molar-refractivity contribution >= 4 is 5.91 Å². The Labute approximate surface area is 106 Å². The van der Waals surface area contributed by atoms with E-state index in [0.717, 1.165) is 25.7 Å². The van der Waals surface area contributed by atoms with E-state index in [-0.39, 0.29) is 24.9 Å². The Bertz CT molecular complexity index is 263. The van der Waals surface area contributed by atoms with Crippen molar-refractivity contribution < 1.29 is 18.0 Å². The van der Waals surface area contributed by atoms with Gasteiger partial charge in [0.05, 0.1) is 6.04 Å². The monoisotopic (exact) mass is 266 g/mol. The summed E-state index contributed by atoms with van der Waals surface area (Å²) in [5, 5.41) is 5.73. The Kier molecular flexibility index (Phi) is 5.91. The van der Waals surface area contributed by atoms with Crippen LogP contribution in [0, 0.1) is 0 Å². The number of amides is 1. The summed E-state index contributed by atoms with van der Waals surface area (Å²) in [4.78, 5) is 11.7. The van der Waals surface area contributed by atoms with Gasteiger partial charge in [0.2, 0.25) is 5.91 Å². The molecule has 0 spiro atoms. The highest BCUT2D eigenvalue weighted by Crippen LogP contribution is 2.20. The second-order valence-corrected chi connectivity index (χ2v) is 4.88. The minimum absolute atomic E-state index is 0.00451. The molecule has 1 aliphatic carbocycles. The Balaban J connectivity index is 2.11. The summed E-state index contributed by atoms with van der Waals surface area (Å²) in [7, 11) is 0. The van der Waals surface area contributed by atoms with Gasteiger partial charge in [0, 0.05) is 12.5 Å². The topological polar surface area (TPSA) is 41.1 Å². The normalized spacial score (nSPS) is 18.9. The average Bonchev–Trinajstić information content (AvgIpc) is 2.75. The van der Waals surface area contributed by atoms with Crippen molar-refractivity contribution in [1.82, 2.24) is 10.6 Å². The SMILES string of the molecule is CC(NCCCC(F)(F)F)C(=O)NC1CCCC1. The van der Waals surface area contributed by atoms with Crippen LogP contribution in [0.5, 0.6) is 0 Å². The highest BCUT2D eigenvalue weighted by atomic mass is 19.4. The fourth-order valence-corrected chi connectivity index (χ4v) is 2.10. The first kappa shape index (κ1) is 15.3. The van der Waals surface area contributed by atoms with Gasteiger partial charge in [0.15, 0.2) is 0 Å². The van der Waals surface area contributed by atoms with E-state index in [2.05, 4.69) is 10.6 Å². The Morgan fingerprint density at radius 2 is 1.94 bits per heavy atom. The molecular formula is C12H21F3N2O. The van der Waals surface area contributed by atoms with Crippen LogP contribution in [0.1, 0.15) is 45.4 Å². The number of halogens is 3. The number of rotatable bonds is 6. The molecule has 0 radical (unpaired) electrons. The molecule has 106 valence electrons. The highest BCUT2D eigenvalue weighted by molar-refractivity contribution is 5.81. The number of nitrogens with one attached hydrogen (secondary N) is 2. The third-order valence-electron chi connectivity index (χ3n) is 3.18. The summed E-state index contributed by atoms with van der Waals surface area (Å²) >= 11 is 0. The lowest BCUT2D eigenvalue weighted by molar-refractivity contribution is -0.135. The number of carbonyl (C=O) groups is 1. The van der Waals surface area contributed by atoms with Crippen LogP contribution in [0.2, 0.25) is 0 Å². The van der Waals surface area contributed by atoms with E-state index >= 15 is 0 Å². The molecule has 0 aromatic heterocycles. The molecule has 0 heterocycles. The standard InChI is InChI=1S/C12H21F3N2O/c1-9(16-8-4-7-12(13,14)15)11(18)17-10-5-2-3-6-10/h9-10,16H,2-8H2,1H3,(H,17,18). The lowest BCUT2D eigenvalue weighted by Gasteiger charge is -2.17. The van der Waals surface area contributed by atoms with Gasteiger partial charge in [0.25, 0.3) is 0 Å². The largest absolute Gasteiger partial charge is 0.389 e. The van der Waals surface area contributed by atoms with Crippen molar-refractivity contribution in [1.29, 1.82) is 0 Å². The first-order valence-corrected chi connectivity index (χ1v) is 6.49. The van der Waals surface area contributed by atoms with Gasteiger partial charge in [-0.3, -0.25) is 4.79 Å². The van der Waals surface area contributed by atoms with E-state index in [1.54, 1.807) is 6.92 Å². The van der Waals surface area contributed by atoms with E-state index in [1.165, 1.54) is 0 Å². The molecule has 1 atom stereocenters. The van der Waals surface area contributed by atoms with Gasteiger partial charge in [-0.25, -0.2) is 0 Å². The van der Waals surface area contributed by atoms with E-state index in [1.807, 2.05) is 0 Å². The summed E-state index contributed by atoms with van der Waals surface area (Å²) in [6.45, 7) is 1.89. The smallest absolute Gasteiger partial charge is 0.352 e. The number of hydrogen-bond acceptors (Lipinski definition) is 2. The molecular weight excluding hydrogens is 245 g/mol. The van der Waals surface area contributed by atoms with Crippen LogP contribution in [0.3, 0.4) is 0 Å². The predicted molar refractivity (Wildman–Crippen MR) is 63.2 cm³/mol. The van der Waals surface area contributed by atoms with Gasteiger partial charge in [-0.1, -0.05) is 12.8 Å². The van der Waals surface area contributed by atoms with Crippen LogP contribution in [-0.2, 0) is 4.79 Å². The molecule has 0 aromatic carbocycles. The quantitative estimate of drug-likeness (QED) is 0.725. The molecule has 1 amide bonds. The molecule has 0 aliphatic heterocycles. The van der Waals surface area contributed by atoms with Crippen LogP contribution in [0.4, 0.5) is 13.2 Å². The molecule has 1 aliphatic rings. The van der Waals surface area contributed by atoms with Crippen LogP contribution >= 0.6 is 0 Å². The Morgan fingerprint density at radius 1 is 1.33 bits per heavy atom.